The van der Waals surface area contributed by atoms with E-state index in [-0.39, 0.29) is 24.3 Å². The molecular formula is C21H25N3O4. The minimum absolute atomic E-state index is 0.00701. The van der Waals surface area contributed by atoms with Gasteiger partial charge in [-0.15, -0.1) is 0 Å². The van der Waals surface area contributed by atoms with Crippen LogP contribution in [-0.2, 0) is 16.0 Å². The van der Waals surface area contributed by atoms with Crippen LogP contribution in [0.5, 0.6) is 0 Å². The normalized spacial score (nSPS) is 14.1. The van der Waals surface area contributed by atoms with E-state index in [0.29, 0.717) is 37.6 Å². The van der Waals surface area contributed by atoms with Gasteiger partial charge in [0, 0.05) is 38.8 Å². The average molecular weight is 383 g/mol. The van der Waals surface area contributed by atoms with E-state index in [1.807, 2.05) is 24.3 Å². The second-order valence-corrected chi connectivity index (χ2v) is 6.78. The molecule has 3 rings (SSSR count). The lowest BCUT2D eigenvalue weighted by Crippen LogP contribution is -2.53. The Hall–Kier alpha value is -3.09. The van der Waals surface area contributed by atoms with Gasteiger partial charge in [0.2, 0.25) is 11.8 Å². The van der Waals surface area contributed by atoms with Crippen LogP contribution >= 0.6 is 0 Å². The lowest BCUT2D eigenvalue weighted by atomic mass is 10.1. The van der Waals surface area contributed by atoms with Crippen molar-refractivity contribution in [1.29, 1.82) is 0 Å². The Labute approximate surface area is 164 Å². The van der Waals surface area contributed by atoms with E-state index in [1.54, 1.807) is 21.9 Å². The van der Waals surface area contributed by atoms with E-state index < -0.39 is 0 Å². The summed E-state index contributed by atoms with van der Waals surface area (Å²) in [6, 6.07) is 11.0. The summed E-state index contributed by atoms with van der Waals surface area (Å²) in [5.74, 6) is -0.166. The van der Waals surface area contributed by atoms with Gasteiger partial charge in [-0.3, -0.25) is 14.4 Å². The lowest BCUT2D eigenvalue weighted by Gasteiger charge is -2.35. The van der Waals surface area contributed by atoms with Gasteiger partial charge in [-0.05, 0) is 36.2 Å². The molecule has 0 radical (unpaired) electrons. The van der Waals surface area contributed by atoms with Crippen LogP contribution in [0.3, 0.4) is 0 Å². The molecule has 0 aliphatic carbocycles. The van der Waals surface area contributed by atoms with E-state index in [2.05, 4.69) is 6.92 Å². The predicted molar refractivity (Wildman–Crippen MR) is 105 cm³/mol. The molecule has 148 valence electrons. The Bertz CT molecular complexity index is 822. The fourth-order valence-electron chi connectivity index (χ4n) is 3.25. The molecule has 7 heteroatoms. The Morgan fingerprint density at radius 3 is 2.18 bits per heavy atom. The van der Waals surface area contributed by atoms with Crippen LogP contribution < -0.4 is 4.90 Å². The summed E-state index contributed by atoms with van der Waals surface area (Å²) in [4.78, 5) is 42.0. The molecule has 0 N–H and O–H groups in total. The van der Waals surface area contributed by atoms with E-state index in [0.717, 1.165) is 6.42 Å². The Balaban J connectivity index is 1.59. The maximum absolute atomic E-state index is 12.7. The van der Waals surface area contributed by atoms with Gasteiger partial charge in [0.25, 0.3) is 5.91 Å². The molecule has 1 aliphatic rings. The standard InChI is InChI=1S/C21H25N3O4/c1-3-17-6-8-18(9-7-17)24(16(2)25)15-20(26)22-10-12-23(13-11-22)21(27)19-5-4-14-28-19/h4-9,14H,3,10-13,15H2,1-2H3. The molecule has 1 aliphatic heterocycles. The Morgan fingerprint density at radius 1 is 1.00 bits per heavy atom. The highest BCUT2D eigenvalue weighted by Crippen LogP contribution is 2.17. The number of rotatable bonds is 5. The van der Waals surface area contributed by atoms with Crippen LogP contribution in [-0.4, -0.2) is 60.2 Å². The van der Waals surface area contributed by atoms with Crippen LogP contribution in [0, 0.1) is 0 Å². The number of nitrogens with zero attached hydrogens (tertiary/aromatic N) is 3. The van der Waals surface area contributed by atoms with Crippen LogP contribution in [0.15, 0.2) is 47.1 Å². The van der Waals surface area contributed by atoms with Gasteiger partial charge in [0.15, 0.2) is 5.76 Å². The molecule has 2 heterocycles. The number of benzene rings is 1. The van der Waals surface area contributed by atoms with Gasteiger partial charge in [0.05, 0.1) is 6.26 Å². The zero-order valence-corrected chi connectivity index (χ0v) is 16.3. The summed E-state index contributed by atoms with van der Waals surface area (Å²) in [5.41, 5.74) is 1.89. The molecule has 1 fully saturated rings. The van der Waals surface area contributed by atoms with Gasteiger partial charge in [-0.1, -0.05) is 19.1 Å². The SMILES string of the molecule is CCc1ccc(N(CC(=O)N2CCN(C(=O)c3ccco3)CC2)C(C)=O)cc1. The highest BCUT2D eigenvalue weighted by molar-refractivity contribution is 5.97. The first-order valence-electron chi connectivity index (χ1n) is 9.47. The van der Waals surface area contributed by atoms with Crippen molar-refractivity contribution in [3.05, 3.63) is 54.0 Å². The summed E-state index contributed by atoms with van der Waals surface area (Å²) in [7, 11) is 0. The van der Waals surface area contributed by atoms with Gasteiger partial charge in [-0.2, -0.15) is 0 Å². The predicted octanol–water partition coefficient (Wildman–Crippen LogP) is 2.18. The molecule has 0 bridgehead atoms. The lowest BCUT2D eigenvalue weighted by molar-refractivity contribution is -0.132. The maximum Gasteiger partial charge on any atom is 0.289 e. The molecule has 2 aromatic rings. The molecular weight excluding hydrogens is 358 g/mol. The quantitative estimate of drug-likeness (QED) is 0.793. The number of hydrogen-bond acceptors (Lipinski definition) is 4. The zero-order chi connectivity index (χ0) is 20.1. The first-order valence-corrected chi connectivity index (χ1v) is 9.47. The molecule has 1 saturated heterocycles. The molecule has 0 unspecified atom stereocenters. The number of furan rings is 1. The van der Waals surface area contributed by atoms with Gasteiger partial charge in [-0.25, -0.2) is 0 Å². The number of amides is 3. The number of hydrogen-bond donors (Lipinski definition) is 0. The summed E-state index contributed by atoms with van der Waals surface area (Å²) in [6.45, 7) is 5.27. The largest absolute Gasteiger partial charge is 0.459 e. The molecule has 1 aromatic heterocycles. The minimum Gasteiger partial charge on any atom is -0.459 e. The van der Waals surface area contributed by atoms with Crippen molar-refractivity contribution in [2.75, 3.05) is 37.6 Å². The van der Waals surface area contributed by atoms with E-state index in [1.165, 1.54) is 23.7 Å². The molecule has 3 amide bonds. The third-order valence-electron chi connectivity index (χ3n) is 4.98. The minimum atomic E-state index is -0.177. The summed E-state index contributed by atoms with van der Waals surface area (Å²) in [5, 5.41) is 0. The van der Waals surface area contributed by atoms with Crippen molar-refractivity contribution in [1.82, 2.24) is 9.80 Å². The maximum atomic E-state index is 12.7. The molecule has 28 heavy (non-hydrogen) atoms. The first kappa shape index (κ1) is 19.7. The first-order chi connectivity index (χ1) is 13.5. The van der Waals surface area contributed by atoms with Crippen molar-refractivity contribution in [3.8, 4) is 0 Å². The molecule has 7 nitrogen and oxygen atoms in total. The fraction of sp³-hybridized carbons (Fsp3) is 0.381. The van der Waals surface area contributed by atoms with Gasteiger partial charge in [0.1, 0.15) is 6.54 Å². The number of aryl methyl sites for hydroxylation is 1. The number of anilines is 1. The van der Waals surface area contributed by atoms with Crippen LogP contribution in [0.2, 0.25) is 0 Å². The molecule has 0 atom stereocenters. The molecule has 1 aromatic carbocycles. The smallest absolute Gasteiger partial charge is 0.289 e. The Morgan fingerprint density at radius 2 is 1.64 bits per heavy atom. The molecule has 0 saturated carbocycles. The van der Waals surface area contributed by atoms with Crippen molar-refractivity contribution in [2.24, 2.45) is 0 Å². The van der Waals surface area contributed by atoms with E-state index in [4.69, 9.17) is 4.42 Å². The number of carbonyl (C=O) groups excluding carboxylic acids is 3. The van der Waals surface area contributed by atoms with Gasteiger partial charge < -0.3 is 19.1 Å². The summed E-state index contributed by atoms with van der Waals surface area (Å²) < 4.78 is 5.15. The highest BCUT2D eigenvalue weighted by Gasteiger charge is 2.27. The Kier molecular flexibility index (Phi) is 6.13. The highest BCUT2D eigenvalue weighted by atomic mass is 16.3. The molecule has 0 spiro atoms. The van der Waals surface area contributed by atoms with E-state index in [9.17, 15) is 14.4 Å². The summed E-state index contributed by atoms with van der Waals surface area (Å²) >= 11 is 0. The van der Waals surface area contributed by atoms with Crippen molar-refractivity contribution >= 4 is 23.4 Å². The third-order valence-corrected chi connectivity index (χ3v) is 4.98. The van der Waals surface area contributed by atoms with Crippen LogP contribution in [0.4, 0.5) is 5.69 Å². The van der Waals surface area contributed by atoms with Crippen molar-refractivity contribution in [2.45, 2.75) is 20.3 Å². The zero-order valence-electron chi connectivity index (χ0n) is 16.3. The number of carbonyl (C=O) groups is 3. The van der Waals surface area contributed by atoms with Crippen molar-refractivity contribution < 1.29 is 18.8 Å². The number of piperazine rings is 1. The van der Waals surface area contributed by atoms with Crippen molar-refractivity contribution in [3.63, 3.8) is 0 Å². The topological polar surface area (TPSA) is 74.1 Å². The van der Waals surface area contributed by atoms with E-state index >= 15 is 0 Å². The van der Waals surface area contributed by atoms with Crippen LogP contribution in [0.25, 0.3) is 0 Å². The third kappa shape index (κ3) is 4.42. The van der Waals surface area contributed by atoms with Crippen LogP contribution in [0.1, 0.15) is 30.0 Å². The van der Waals surface area contributed by atoms with Gasteiger partial charge >= 0.3 is 0 Å². The second-order valence-electron chi connectivity index (χ2n) is 6.78. The second kappa shape index (κ2) is 8.73. The monoisotopic (exact) mass is 383 g/mol. The summed E-state index contributed by atoms with van der Waals surface area (Å²) in [6.07, 6.45) is 2.39. The fourth-order valence-corrected chi connectivity index (χ4v) is 3.25. The average Bonchev–Trinajstić information content (AvgIpc) is 3.26.